The molecule has 9 nitrogen and oxygen atoms in total. The smallest absolute Gasteiger partial charge is 0.370 e. The summed E-state index contributed by atoms with van der Waals surface area (Å²) in [7, 11) is -8.20. The van der Waals surface area contributed by atoms with Crippen molar-refractivity contribution in [2.24, 2.45) is 16.5 Å². The van der Waals surface area contributed by atoms with E-state index in [1.165, 1.54) is 0 Å². The minimum Gasteiger partial charge on any atom is -0.370 e. The predicted octanol–water partition coefficient (Wildman–Crippen LogP) is 5.98. The topological polar surface area (TPSA) is 167 Å². The number of rotatable bonds is 8. The van der Waals surface area contributed by atoms with E-state index in [4.69, 9.17) is 23.1 Å². The van der Waals surface area contributed by atoms with E-state index < -0.39 is 80.6 Å². The number of carbonyl (C=O) groups excluding carboxylic acids is 2. The fourth-order valence-electron chi connectivity index (χ4n) is 5.02. The largest absolute Gasteiger partial charge is 0.417 e. The molecule has 2 aromatic rings. The number of nitrogens with two attached hydrogens (primary N) is 2. The van der Waals surface area contributed by atoms with Gasteiger partial charge in [0.2, 0.25) is 0 Å². The molecular formula is C29H32ClF6N3O6S2. The number of amides is 1. The maximum absolute atomic E-state index is 13.4. The van der Waals surface area contributed by atoms with Crippen molar-refractivity contribution in [3.63, 3.8) is 0 Å². The van der Waals surface area contributed by atoms with Crippen molar-refractivity contribution >= 4 is 48.4 Å². The first-order valence-corrected chi connectivity index (χ1v) is 17.8. The molecule has 0 aliphatic heterocycles. The normalized spacial score (nSPS) is 15.9. The van der Waals surface area contributed by atoms with Gasteiger partial charge in [-0.25, -0.2) is 16.8 Å². The number of guanidine groups is 1. The Labute approximate surface area is 272 Å². The number of carbonyl (C=O) groups is 2. The average Bonchev–Trinajstić information content (AvgIpc) is 2.87. The van der Waals surface area contributed by atoms with Crippen molar-refractivity contribution in [2.45, 2.75) is 97.9 Å². The zero-order valence-electron chi connectivity index (χ0n) is 25.1. The first-order chi connectivity index (χ1) is 21.6. The summed E-state index contributed by atoms with van der Waals surface area (Å²) in [6.07, 6.45) is -6.74. The Hall–Kier alpha value is -3.18. The average molecular weight is 732 g/mol. The van der Waals surface area contributed by atoms with Gasteiger partial charge in [-0.05, 0) is 85.5 Å². The van der Waals surface area contributed by atoms with Gasteiger partial charge in [-0.3, -0.25) is 9.59 Å². The van der Waals surface area contributed by atoms with E-state index >= 15 is 0 Å². The highest BCUT2D eigenvalue weighted by molar-refractivity contribution is 7.92. The fraction of sp³-hybridized carbons (Fsp3) is 0.483. The summed E-state index contributed by atoms with van der Waals surface area (Å²) in [5.41, 5.74) is 7.18. The monoisotopic (exact) mass is 731 g/mol. The molecule has 0 spiro atoms. The first-order valence-electron chi connectivity index (χ1n) is 14.4. The van der Waals surface area contributed by atoms with E-state index in [-0.39, 0.29) is 35.1 Å². The Morgan fingerprint density at radius 1 is 0.745 bits per heavy atom. The van der Waals surface area contributed by atoms with E-state index in [1.54, 1.807) is 13.8 Å². The maximum Gasteiger partial charge on any atom is 0.417 e. The van der Waals surface area contributed by atoms with Crippen molar-refractivity contribution in [1.29, 1.82) is 0 Å². The van der Waals surface area contributed by atoms with E-state index in [9.17, 15) is 52.8 Å². The van der Waals surface area contributed by atoms with Crippen LogP contribution in [-0.4, -0.2) is 44.4 Å². The van der Waals surface area contributed by atoms with Gasteiger partial charge in [-0.2, -0.15) is 31.3 Å². The van der Waals surface area contributed by atoms with Gasteiger partial charge >= 0.3 is 12.4 Å². The fourth-order valence-corrected chi connectivity index (χ4v) is 9.40. The minimum absolute atomic E-state index is 0.140. The summed E-state index contributed by atoms with van der Waals surface area (Å²) < 4.78 is 130. The van der Waals surface area contributed by atoms with Crippen LogP contribution in [0.2, 0.25) is 0 Å². The van der Waals surface area contributed by atoms with Crippen LogP contribution < -0.4 is 11.5 Å². The molecule has 2 aromatic carbocycles. The van der Waals surface area contributed by atoms with Crippen molar-refractivity contribution in [2.75, 3.05) is 0 Å². The highest BCUT2D eigenvalue weighted by atomic mass is 35.5. The van der Waals surface area contributed by atoms with Crippen LogP contribution in [0.1, 0.15) is 95.3 Å². The summed E-state index contributed by atoms with van der Waals surface area (Å²) >= 11 is 5.32. The molecule has 4 rings (SSSR count). The van der Waals surface area contributed by atoms with Gasteiger partial charge in [0.25, 0.3) is 11.1 Å². The number of benzene rings is 2. The van der Waals surface area contributed by atoms with Gasteiger partial charge < -0.3 is 11.5 Å². The van der Waals surface area contributed by atoms with Gasteiger partial charge in [-0.15, -0.1) is 0 Å². The highest BCUT2D eigenvalue weighted by Crippen LogP contribution is 2.42. The van der Waals surface area contributed by atoms with Gasteiger partial charge in [-0.1, -0.05) is 26.7 Å². The molecule has 0 heterocycles. The lowest BCUT2D eigenvalue weighted by atomic mass is 10.00. The molecule has 1 amide bonds. The van der Waals surface area contributed by atoms with Crippen LogP contribution in [0.3, 0.4) is 0 Å². The molecule has 0 radical (unpaired) electrons. The number of nitrogens with zero attached hydrogens (tertiary/aromatic N) is 1. The van der Waals surface area contributed by atoms with Crippen LogP contribution in [0.4, 0.5) is 26.3 Å². The zero-order chi connectivity index (χ0) is 35.7. The van der Waals surface area contributed by atoms with Crippen molar-refractivity contribution in [1.82, 2.24) is 0 Å². The van der Waals surface area contributed by atoms with Crippen LogP contribution in [0, 0.1) is 0 Å². The Morgan fingerprint density at radius 3 is 1.38 bits per heavy atom. The maximum atomic E-state index is 13.4. The number of hydrogen-bond acceptors (Lipinski definition) is 6. The predicted molar refractivity (Wildman–Crippen MR) is 162 cm³/mol. The van der Waals surface area contributed by atoms with Crippen LogP contribution in [0.5, 0.6) is 0 Å². The van der Waals surface area contributed by atoms with Crippen LogP contribution in [-0.2, 0) is 44.9 Å². The van der Waals surface area contributed by atoms with Gasteiger partial charge in [0.15, 0.2) is 25.6 Å². The van der Waals surface area contributed by atoms with E-state index in [0.29, 0.717) is 50.7 Å². The Morgan fingerprint density at radius 2 is 1.11 bits per heavy atom. The third-order valence-corrected chi connectivity index (χ3v) is 12.9. The molecular weight excluding hydrogens is 700 g/mol. The number of hydrogen-bond donors (Lipinski definition) is 2. The molecule has 47 heavy (non-hydrogen) atoms. The lowest BCUT2D eigenvalue weighted by molar-refractivity contribution is -0.140. The van der Waals surface area contributed by atoms with Crippen LogP contribution in [0.15, 0.2) is 39.0 Å². The number of sulfone groups is 2. The quantitative estimate of drug-likeness (QED) is 0.145. The number of aliphatic imine (C=N–C) groups is 1. The van der Waals surface area contributed by atoms with Crippen LogP contribution in [0.25, 0.3) is 0 Å². The summed E-state index contributed by atoms with van der Waals surface area (Å²) in [5, 5.41) is -2.64. The molecule has 0 saturated heterocycles. The minimum atomic E-state index is -4.94. The number of halogens is 7. The van der Waals surface area contributed by atoms with E-state index in [0.717, 1.165) is 12.1 Å². The summed E-state index contributed by atoms with van der Waals surface area (Å²) in [6, 6.07) is 2.96. The zero-order valence-corrected chi connectivity index (χ0v) is 27.5. The Kier molecular flexibility index (Phi) is 11.5. The summed E-state index contributed by atoms with van der Waals surface area (Å²) in [6.45, 7) is 3.21. The van der Waals surface area contributed by atoms with Crippen molar-refractivity contribution < 1.29 is 52.8 Å². The molecule has 2 saturated carbocycles. The van der Waals surface area contributed by atoms with Gasteiger partial charge in [0.05, 0.1) is 31.4 Å². The summed E-state index contributed by atoms with van der Waals surface area (Å²) in [5.74, 6) is -1.64. The number of alkyl halides is 6. The van der Waals surface area contributed by atoms with Crippen molar-refractivity contribution in [3.8, 4) is 0 Å². The summed E-state index contributed by atoms with van der Waals surface area (Å²) in [4.78, 5) is 25.0. The second-order valence-corrected chi connectivity index (χ2v) is 15.8. The molecule has 260 valence electrons. The molecule has 2 fully saturated rings. The Balaban J connectivity index is 0.000000257. The lowest BCUT2D eigenvalue weighted by Gasteiger charge is -2.27. The molecule has 0 atom stereocenters. The van der Waals surface area contributed by atoms with Gasteiger partial charge in [0.1, 0.15) is 0 Å². The Bertz CT molecular complexity index is 1800. The highest BCUT2D eigenvalue weighted by Gasteiger charge is 2.44. The second-order valence-electron chi connectivity index (χ2n) is 11.0. The van der Waals surface area contributed by atoms with Gasteiger partial charge in [0, 0.05) is 11.1 Å². The molecule has 0 aromatic heterocycles. The van der Waals surface area contributed by atoms with E-state index in [1.807, 2.05) is 0 Å². The molecule has 0 unspecified atom stereocenters. The third-order valence-electron chi connectivity index (χ3n) is 8.05. The van der Waals surface area contributed by atoms with Crippen LogP contribution >= 0.6 is 11.6 Å². The standard InChI is InChI=1S/C15H18F3N3O3S.C14H14ClF3O3S/c1-2-8-6-12(25(23,24)9-4-3-5-9)11(15(16,17)18)7-10(8)13(22)21-14(19)20;1-2-8-6-12(22(20,21)9-4-3-5-9)11(14(16,17)18)7-10(8)13(15)19/h6-7,9H,2-5H2,1H3,(H4,19,20,21,22);6-7,9H,2-5H2,1H3. The number of aryl methyl sites for hydroxylation is 2. The molecule has 2 aliphatic carbocycles. The lowest BCUT2D eigenvalue weighted by Crippen LogP contribution is -2.30. The third kappa shape index (κ3) is 8.28. The SMILES string of the molecule is CCc1cc(S(=O)(=O)C2CCC2)c(C(F)(F)F)cc1C(=O)Cl.CCc1cc(S(=O)(=O)C2CCC2)c(C(F)(F)F)cc1C(=O)N=C(N)N. The van der Waals surface area contributed by atoms with E-state index in [2.05, 4.69) is 4.99 Å². The van der Waals surface area contributed by atoms with Crippen molar-refractivity contribution in [3.05, 3.63) is 57.6 Å². The molecule has 2 aliphatic rings. The molecule has 18 heteroatoms. The molecule has 0 bridgehead atoms. The first kappa shape index (κ1) is 38.3. The second kappa shape index (κ2) is 14.1. The molecule has 4 N–H and O–H groups in total.